The molecule has 0 N–H and O–H groups in total. The number of hydrogen-bond donors (Lipinski definition) is 0. The highest BCUT2D eigenvalue weighted by molar-refractivity contribution is 14.1. The maximum atomic E-state index is 12.3. The Bertz CT molecular complexity index is 508. The number of ether oxygens (including phenoxy) is 3. The van der Waals surface area contributed by atoms with E-state index in [9.17, 15) is 4.79 Å². The molecule has 2 rings (SSSR count). The first-order valence-electron chi connectivity index (χ1n) is 6.49. The maximum absolute atomic E-state index is 12.3. The van der Waals surface area contributed by atoms with Crippen LogP contribution in [0, 0.1) is 3.57 Å². The second-order valence-corrected chi connectivity index (χ2v) is 6.26. The van der Waals surface area contributed by atoms with Crippen molar-refractivity contribution in [2.45, 2.75) is 39.8 Å². The molecule has 0 saturated carbocycles. The Kier molecular flexibility index (Phi) is 4.62. The van der Waals surface area contributed by atoms with Crippen LogP contribution in [-0.2, 0) is 0 Å². The molecule has 0 radical (unpaired) electrons. The topological polar surface area (TPSA) is 48.0 Å². The van der Waals surface area contributed by atoms with Crippen molar-refractivity contribution >= 4 is 28.7 Å². The zero-order valence-corrected chi connectivity index (χ0v) is 14.1. The maximum Gasteiger partial charge on any atom is 0.415 e. The van der Waals surface area contributed by atoms with Crippen LogP contribution in [-0.4, -0.2) is 29.9 Å². The van der Waals surface area contributed by atoms with Crippen molar-refractivity contribution in [3.63, 3.8) is 0 Å². The Morgan fingerprint density at radius 2 is 1.75 bits per heavy atom. The summed E-state index contributed by atoms with van der Waals surface area (Å²) in [5, 5.41) is 0. The van der Waals surface area contributed by atoms with Gasteiger partial charge in [-0.1, -0.05) is 0 Å². The lowest BCUT2D eigenvalue weighted by atomic mass is 10.2. The van der Waals surface area contributed by atoms with Gasteiger partial charge < -0.3 is 19.1 Å². The van der Waals surface area contributed by atoms with Gasteiger partial charge in [-0.2, -0.15) is 0 Å². The minimum atomic E-state index is -0.355. The Morgan fingerprint density at radius 1 is 1.20 bits per heavy atom. The van der Waals surface area contributed by atoms with Crippen molar-refractivity contribution < 1.29 is 19.0 Å². The quantitative estimate of drug-likeness (QED) is 0.739. The van der Waals surface area contributed by atoms with E-state index in [-0.39, 0.29) is 25.0 Å². The number of rotatable bonds is 3. The van der Waals surface area contributed by atoms with Crippen molar-refractivity contribution in [3.05, 3.63) is 15.7 Å². The monoisotopic (exact) mass is 391 g/mol. The van der Waals surface area contributed by atoms with E-state index >= 15 is 0 Å². The van der Waals surface area contributed by atoms with Gasteiger partial charge in [0.25, 0.3) is 0 Å². The molecule has 5 nitrogen and oxygen atoms in total. The fraction of sp³-hybridized carbons (Fsp3) is 0.500. The standard InChI is InChI=1S/C14H18INO4/c1-8(2)16(9(3)4)14(17)20-11-6-13-12(5-10(11)15)18-7-19-13/h5-6,8-9H,7H2,1-4H3. The summed E-state index contributed by atoms with van der Waals surface area (Å²) in [6, 6.07) is 3.66. The Morgan fingerprint density at radius 3 is 2.30 bits per heavy atom. The van der Waals surface area contributed by atoms with Crippen LogP contribution in [0.5, 0.6) is 17.2 Å². The Labute approximate surface area is 132 Å². The van der Waals surface area contributed by atoms with Crippen molar-refractivity contribution in [2.75, 3.05) is 6.79 Å². The van der Waals surface area contributed by atoms with E-state index in [1.54, 1.807) is 17.0 Å². The molecular formula is C14H18INO4. The molecule has 0 bridgehead atoms. The molecule has 0 atom stereocenters. The second-order valence-electron chi connectivity index (χ2n) is 5.10. The molecular weight excluding hydrogens is 373 g/mol. The summed E-state index contributed by atoms with van der Waals surface area (Å²) in [6.45, 7) is 8.06. The van der Waals surface area contributed by atoms with Crippen molar-refractivity contribution in [1.82, 2.24) is 4.90 Å². The summed E-state index contributed by atoms with van der Waals surface area (Å²) in [7, 11) is 0. The summed E-state index contributed by atoms with van der Waals surface area (Å²) in [5.41, 5.74) is 0. The largest absolute Gasteiger partial charge is 0.454 e. The number of nitrogens with zero attached hydrogens (tertiary/aromatic N) is 1. The normalized spacial score (nSPS) is 12.9. The van der Waals surface area contributed by atoms with Crippen molar-refractivity contribution in [3.8, 4) is 17.2 Å². The van der Waals surface area contributed by atoms with Crippen LogP contribution in [0.15, 0.2) is 12.1 Å². The van der Waals surface area contributed by atoms with Crippen LogP contribution < -0.4 is 14.2 Å². The second kappa shape index (κ2) is 6.07. The van der Waals surface area contributed by atoms with E-state index in [4.69, 9.17) is 14.2 Å². The third-order valence-corrected chi connectivity index (χ3v) is 3.79. The Balaban J connectivity index is 2.19. The molecule has 0 fully saturated rings. The molecule has 20 heavy (non-hydrogen) atoms. The lowest BCUT2D eigenvalue weighted by Crippen LogP contribution is -2.43. The lowest BCUT2D eigenvalue weighted by Gasteiger charge is -2.29. The molecule has 110 valence electrons. The average molecular weight is 391 g/mol. The highest BCUT2D eigenvalue weighted by atomic mass is 127. The van der Waals surface area contributed by atoms with Crippen LogP contribution in [0.25, 0.3) is 0 Å². The van der Waals surface area contributed by atoms with Gasteiger partial charge in [0, 0.05) is 24.2 Å². The summed E-state index contributed by atoms with van der Waals surface area (Å²) in [5.74, 6) is 1.78. The summed E-state index contributed by atoms with van der Waals surface area (Å²) < 4.78 is 16.9. The van der Waals surface area contributed by atoms with Crippen molar-refractivity contribution in [2.24, 2.45) is 0 Å². The highest BCUT2D eigenvalue weighted by Gasteiger charge is 2.24. The SMILES string of the molecule is CC(C)N(C(=O)Oc1cc2c(cc1I)OCO2)C(C)C. The summed E-state index contributed by atoms with van der Waals surface area (Å²) in [6.07, 6.45) is -0.355. The number of fused-ring (bicyclic) bond motifs is 1. The minimum absolute atomic E-state index is 0.0779. The molecule has 1 amide bonds. The predicted octanol–water partition coefficient (Wildman–Crippen LogP) is 3.64. The van der Waals surface area contributed by atoms with E-state index in [1.165, 1.54) is 0 Å². The van der Waals surface area contributed by atoms with Gasteiger partial charge in [0.2, 0.25) is 6.79 Å². The first-order valence-corrected chi connectivity index (χ1v) is 7.57. The summed E-state index contributed by atoms with van der Waals surface area (Å²) >= 11 is 2.11. The van der Waals surface area contributed by atoms with Gasteiger partial charge in [-0.15, -0.1) is 0 Å². The molecule has 1 aromatic rings. The Hall–Kier alpha value is -1.18. The summed E-state index contributed by atoms with van der Waals surface area (Å²) in [4.78, 5) is 14.0. The number of hydrogen-bond acceptors (Lipinski definition) is 4. The molecule has 0 aliphatic carbocycles. The van der Waals surface area contributed by atoms with Gasteiger partial charge in [0.1, 0.15) is 5.75 Å². The first-order chi connectivity index (χ1) is 9.40. The van der Waals surface area contributed by atoms with E-state index in [1.807, 2.05) is 27.7 Å². The fourth-order valence-electron chi connectivity index (χ4n) is 2.14. The van der Waals surface area contributed by atoms with E-state index in [2.05, 4.69) is 22.6 Å². The van der Waals surface area contributed by atoms with Crippen LogP contribution in [0.3, 0.4) is 0 Å². The van der Waals surface area contributed by atoms with E-state index in [0.717, 1.165) is 3.57 Å². The third kappa shape index (κ3) is 3.11. The molecule has 1 aliphatic rings. The average Bonchev–Trinajstić information content (AvgIpc) is 2.75. The minimum Gasteiger partial charge on any atom is -0.454 e. The van der Waals surface area contributed by atoms with E-state index in [0.29, 0.717) is 17.2 Å². The molecule has 0 saturated heterocycles. The van der Waals surface area contributed by atoms with Gasteiger partial charge in [0.15, 0.2) is 11.5 Å². The van der Waals surface area contributed by atoms with Gasteiger partial charge in [0.05, 0.1) is 3.57 Å². The molecule has 6 heteroatoms. The van der Waals surface area contributed by atoms with Gasteiger partial charge in [-0.05, 0) is 50.3 Å². The zero-order valence-electron chi connectivity index (χ0n) is 12.0. The number of carbonyl (C=O) groups is 1. The molecule has 1 aromatic carbocycles. The van der Waals surface area contributed by atoms with Crippen LogP contribution in [0.2, 0.25) is 0 Å². The highest BCUT2D eigenvalue weighted by Crippen LogP contribution is 2.38. The lowest BCUT2D eigenvalue weighted by molar-refractivity contribution is 0.122. The number of benzene rings is 1. The number of halogens is 1. The molecule has 1 aliphatic heterocycles. The van der Waals surface area contributed by atoms with Crippen molar-refractivity contribution in [1.29, 1.82) is 0 Å². The van der Waals surface area contributed by atoms with Crippen LogP contribution in [0.4, 0.5) is 4.79 Å². The van der Waals surface area contributed by atoms with E-state index < -0.39 is 0 Å². The van der Waals surface area contributed by atoms with Gasteiger partial charge in [-0.3, -0.25) is 0 Å². The molecule has 1 heterocycles. The fourth-order valence-corrected chi connectivity index (χ4v) is 2.69. The predicted molar refractivity (Wildman–Crippen MR) is 83.4 cm³/mol. The van der Waals surface area contributed by atoms with Gasteiger partial charge in [-0.25, -0.2) is 4.79 Å². The first kappa shape index (κ1) is 15.2. The molecule has 0 aromatic heterocycles. The third-order valence-electron chi connectivity index (χ3n) is 2.95. The van der Waals surface area contributed by atoms with Crippen LogP contribution >= 0.6 is 22.6 Å². The molecule has 0 unspecified atom stereocenters. The molecule has 0 spiro atoms. The zero-order chi connectivity index (χ0) is 14.9. The number of carbonyl (C=O) groups excluding carboxylic acids is 1. The van der Waals surface area contributed by atoms with Crippen LogP contribution in [0.1, 0.15) is 27.7 Å². The number of amides is 1. The smallest absolute Gasteiger partial charge is 0.415 e. The van der Waals surface area contributed by atoms with Gasteiger partial charge >= 0.3 is 6.09 Å².